The first-order valence-electron chi connectivity index (χ1n) is 8.80. The van der Waals surface area contributed by atoms with Crippen molar-refractivity contribution in [3.05, 3.63) is 0 Å². The molecule has 122 valence electrons. The average molecular weight is 295 g/mol. The highest BCUT2D eigenvalue weighted by molar-refractivity contribution is 5.77. The van der Waals surface area contributed by atoms with Crippen LogP contribution in [0.2, 0.25) is 0 Å². The average Bonchev–Trinajstić information content (AvgIpc) is 2.63. The second-order valence-electron chi connectivity index (χ2n) is 8.44. The summed E-state index contributed by atoms with van der Waals surface area (Å²) < 4.78 is 0. The minimum Gasteiger partial charge on any atom is -0.389 e. The quantitative estimate of drug-likeness (QED) is 0.778. The van der Waals surface area contributed by atoms with E-state index in [4.69, 9.17) is 0 Å². The first kappa shape index (κ1) is 16.8. The molecule has 0 unspecified atom stereocenters. The van der Waals surface area contributed by atoms with Crippen LogP contribution in [0.5, 0.6) is 0 Å². The molecule has 1 amide bonds. The van der Waals surface area contributed by atoms with Gasteiger partial charge in [-0.05, 0) is 49.9 Å². The predicted octanol–water partition coefficient (Wildman–Crippen LogP) is 3.79. The lowest BCUT2D eigenvalue weighted by atomic mass is 9.76. The van der Waals surface area contributed by atoms with Crippen LogP contribution < -0.4 is 5.32 Å². The van der Waals surface area contributed by atoms with E-state index in [9.17, 15) is 9.90 Å². The zero-order valence-corrected chi connectivity index (χ0v) is 14.1. The van der Waals surface area contributed by atoms with Gasteiger partial charge in [0, 0.05) is 6.04 Å². The topological polar surface area (TPSA) is 49.3 Å². The second kappa shape index (κ2) is 6.68. The van der Waals surface area contributed by atoms with Gasteiger partial charge in [0.15, 0.2) is 0 Å². The van der Waals surface area contributed by atoms with Crippen molar-refractivity contribution in [3.8, 4) is 0 Å². The van der Waals surface area contributed by atoms with Crippen LogP contribution in [-0.2, 0) is 4.79 Å². The first-order valence-corrected chi connectivity index (χ1v) is 8.80. The Morgan fingerprint density at radius 2 is 1.76 bits per heavy atom. The fourth-order valence-electron chi connectivity index (χ4n) is 4.10. The molecule has 0 saturated heterocycles. The molecule has 0 radical (unpaired) electrons. The third kappa shape index (κ3) is 4.98. The lowest BCUT2D eigenvalue weighted by Gasteiger charge is -2.29. The largest absolute Gasteiger partial charge is 0.389 e. The number of aliphatic hydroxyl groups is 1. The molecule has 2 rings (SSSR count). The second-order valence-corrected chi connectivity index (χ2v) is 8.44. The summed E-state index contributed by atoms with van der Waals surface area (Å²) in [7, 11) is 0. The van der Waals surface area contributed by atoms with Crippen molar-refractivity contribution in [2.24, 2.45) is 11.3 Å². The molecule has 0 bridgehead atoms. The van der Waals surface area contributed by atoms with Gasteiger partial charge in [-0.3, -0.25) is 4.79 Å². The highest BCUT2D eigenvalue weighted by Crippen LogP contribution is 2.37. The predicted molar refractivity (Wildman–Crippen MR) is 86.0 cm³/mol. The van der Waals surface area contributed by atoms with Crippen LogP contribution in [0.4, 0.5) is 0 Å². The van der Waals surface area contributed by atoms with Crippen molar-refractivity contribution >= 4 is 5.91 Å². The van der Waals surface area contributed by atoms with Gasteiger partial charge in [-0.25, -0.2) is 0 Å². The lowest BCUT2D eigenvalue weighted by molar-refractivity contribution is -0.126. The molecule has 0 spiro atoms. The van der Waals surface area contributed by atoms with Gasteiger partial charge in [-0.1, -0.05) is 40.0 Å². The number of nitrogens with one attached hydrogen (secondary N) is 1. The van der Waals surface area contributed by atoms with E-state index >= 15 is 0 Å². The van der Waals surface area contributed by atoms with Crippen LogP contribution in [0.25, 0.3) is 0 Å². The third-order valence-corrected chi connectivity index (χ3v) is 5.58. The van der Waals surface area contributed by atoms with Crippen molar-refractivity contribution in [1.29, 1.82) is 0 Å². The monoisotopic (exact) mass is 295 g/mol. The number of carbonyl (C=O) groups excluding carboxylic acids is 1. The first-order chi connectivity index (χ1) is 9.78. The summed E-state index contributed by atoms with van der Waals surface area (Å²) in [6.45, 7) is 6.98. The Morgan fingerprint density at radius 3 is 2.38 bits per heavy atom. The Labute approximate surface area is 129 Å². The minimum absolute atomic E-state index is 0.0543. The highest BCUT2D eigenvalue weighted by atomic mass is 16.3. The van der Waals surface area contributed by atoms with Crippen LogP contribution in [0.15, 0.2) is 0 Å². The van der Waals surface area contributed by atoms with Crippen LogP contribution in [0.1, 0.15) is 85.0 Å². The van der Waals surface area contributed by atoms with Gasteiger partial charge in [-0.15, -0.1) is 0 Å². The van der Waals surface area contributed by atoms with E-state index < -0.39 is 5.60 Å². The standard InChI is InChI=1S/C18H33NO2/c1-17(2,3)14-7-6-8-15(10-9-14)19-16(20)13-18(21)11-4-5-12-18/h14-15,21H,4-13H2,1-3H3,(H,19,20)/t14-,15+/m1/s1. The Bertz CT molecular complexity index is 353. The fraction of sp³-hybridized carbons (Fsp3) is 0.944. The van der Waals surface area contributed by atoms with Gasteiger partial charge in [0.05, 0.1) is 12.0 Å². The zero-order chi connectivity index (χ0) is 15.5. The van der Waals surface area contributed by atoms with E-state index in [-0.39, 0.29) is 5.91 Å². The van der Waals surface area contributed by atoms with Crippen LogP contribution in [0.3, 0.4) is 0 Å². The summed E-state index contributed by atoms with van der Waals surface area (Å²) >= 11 is 0. The van der Waals surface area contributed by atoms with Gasteiger partial charge < -0.3 is 10.4 Å². The molecule has 2 aliphatic carbocycles. The van der Waals surface area contributed by atoms with Gasteiger partial charge in [-0.2, -0.15) is 0 Å². The maximum absolute atomic E-state index is 12.2. The molecular weight excluding hydrogens is 262 g/mol. The molecule has 0 aromatic carbocycles. The van der Waals surface area contributed by atoms with E-state index in [1.807, 2.05) is 0 Å². The maximum atomic E-state index is 12.2. The van der Waals surface area contributed by atoms with E-state index in [0.717, 1.165) is 44.4 Å². The summed E-state index contributed by atoms with van der Waals surface area (Å²) in [6.07, 6.45) is 9.86. The minimum atomic E-state index is -0.719. The van der Waals surface area contributed by atoms with Crippen molar-refractivity contribution in [2.45, 2.75) is 96.6 Å². The van der Waals surface area contributed by atoms with Gasteiger partial charge in [0.2, 0.25) is 5.91 Å². The molecule has 3 nitrogen and oxygen atoms in total. The Kier molecular flexibility index (Phi) is 5.34. The number of rotatable bonds is 3. The van der Waals surface area contributed by atoms with Gasteiger partial charge >= 0.3 is 0 Å². The van der Waals surface area contributed by atoms with E-state index in [1.54, 1.807) is 0 Å². The smallest absolute Gasteiger partial charge is 0.223 e. The molecule has 0 heterocycles. The summed E-state index contributed by atoms with van der Waals surface area (Å²) in [6, 6.07) is 0.315. The van der Waals surface area contributed by atoms with Crippen molar-refractivity contribution in [2.75, 3.05) is 0 Å². The fourth-order valence-corrected chi connectivity index (χ4v) is 4.10. The molecule has 2 N–H and O–H groups in total. The molecule has 0 aliphatic heterocycles. The zero-order valence-electron chi connectivity index (χ0n) is 14.1. The van der Waals surface area contributed by atoms with Gasteiger partial charge in [0.25, 0.3) is 0 Å². The number of hydrogen-bond donors (Lipinski definition) is 2. The van der Waals surface area contributed by atoms with Crippen LogP contribution in [0, 0.1) is 11.3 Å². The SMILES string of the molecule is CC(C)(C)[C@@H]1CCC[C@H](NC(=O)CC2(O)CCCC2)CC1. The van der Waals surface area contributed by atoms with Crippen LogP contribution in [-0.4, -0.2) is 22.7 Å². The van der Waals surface area contributed by atoms with Gasteiger partial charge in [0.1, 0.15) is 0 Å². The molecule has 2 fully saturated rings. The van der Waals surface area contributed by atoms with E-state index in [1.165, 1.54) is 19.3 Å². The number of amides is 1. The molecule has 2 saturated carbocycles. The molecule has 2 atom stereocenters. The number of hydrogen-bond acceptors (Lipinski definition) is 2. The summed E-state index contributed by atoms with van der Waals surface area (Å²) in [5.41, 5.74) is -0.347. The third-order valence-electron chi connectivity index (χ3n) is 5.58. The molecule has 21 heavy (non-hydrogen) atoms. The van der Waals surface area contributed by atoms with Crippen molar-refractivity contribution in [1.82, 2.24) is 5.32 Å². The molecular formula is C18H33NO2. The summed E-state index contributed by atoms with van der Waals surface area (Å²) in [5, 5.41) is 13.5. The lowest BCUT2D eigenvalue weighted by Crippen LogP contribution is -2.39. The molecule has 3 heteroatoms. The van der Waals surface area contributed by atoms with Crippen LogP contribution >= 0.6 is 0 Å². The molecule has 2 aliphatic rings. The number of carbonyl (C=O) groups is 1. The van der Waals surface area contributed by atoms with E-state index in [0.29, 0.717) is 17.9 Å². The van der Waals surface area contributed by atoms with E-state index in [2.05, 4.69) is 26.1 Å². The maximum Gasteiger partial charge on any atom is 0.223 e. The Hall–Kier alpha value is -0.570. The molecule has 0 aromatic heterocycles. The summed E-state index contributed by atoms with van der Waals surface area (Å²) in [5.74, 6) is 0.817. The summed E-state index contributed by atoms with van der Waals surface area (Å²) in [4.78, 5) is 12.2. The normalized spacial score (nSPS) is 29.9. The van der Waals surface area contributed by atoms with Crippen molar-refractivity contribution in [3.63, 3.8) is 0 Å². The van der Waals surface area contributed by atoms with Crippen molar-refractivity contribution < 1.29 is 9.90 Å². The Morgan fingerprint density at radius 1 is 1.10 bits per heavy atom. The molecule has 0 aromatic rings. The Balaban J connectivity index is 1.79. The highest BCUT2D eigenvalue weighted by Gasteiger charge is 2.34.